The second-order valence-corrected chi connectivity index (χ2v) is 8.45. The Bertz CT molecular complexity index is 748. The standard InChI is InChI=1S/C18H30N6O/c1-18(2,3)17-20-15-13(9-19-23(15)6)16(21-17)24-8-7-12(10-22(4)5)14(25)11-24/h9,12,14,25H,7-8,10-11H2,1-6H3/t12-,14+/m0/s1. The molecular formula is C18H30N6O. The zero-order valence-corrected chi connectivity index (χ0v) is 16.2. The lowest BCUT2D eigenvalue weighted by Crippen LogP contribution is -2.47. The van der Waals surface area contributed by atoms with E-state index >= 15 is 0 Å². The molecule has 1 N–H and O–H groups in total. The third-order valence-electron chi connectivity index (χ3n) is 4.86. The molecule has 1 aliphatic heterocycles. The highest BCUT2D eigenvalue weighted by Crippen LogP contribution is 2.31. The first kappa shape index (κ1) is 18.1. The molecule has 0 radical (unpaired) electrons. The first-order valence-electron chi connectivity index (χ1n) is 8.95. The Labute approximate surface area is 149 Å². The van der Waals surface area contributed by atoms with Gasteiger partial charge in [-0.05, 0) is 20.5 Å². The maximum atomic E-state index is 10.6. The minimum Gasteiger partial charge on any atom is -0.391 e. The summed E-state index contributed by atoms with van der Waals surface area (Å²) < 4.78 is 1.80. The Morgan fingerprint density at radius 2 is 2.00 bits per heavy atom. The number of aryl methyl sites for hydroxylation is 1. The summed E-state index contributed by atoms with van der Waals surface area (Å²) in [4.78, 5) is 13.9. The fourth-order valence-corrected chi connectivity index (χ4v) is 3.44. The van der Waals surface area contributed by atoms with Crippen molar-refractivity contribution in [3.05, 3.63) is 12.0 Å². The van der Waals surface area contributed by atoms with Crippen molar-refractivity contribution in [3.8, 4) is 0 Å². The van der Waals surface area contributed by atoms with Gasteiger partial charge in [-0.2, -0.15) is 5.10 Å². The molecule has 1 saturated heterocycles. The molecule has 3 rings (SSSR count). The van der Waals surface area contributed by atoms with E-state index in [-0.39, 0.29) is 11.5 Å². The predicted molar refractivity (Wildman–Crippen MR) is 99.9 cm³/mol. The smallest absolute Gasteiger partial charge is 0.163 e. The van der Waals surface area contributed by atoms with Crippen LogP contribution in [0.1, 0.15) is 33.0 Å². The lowest BCUT2D eigenvalue weighted by molar-refractivity contribution is 0.0764. The third kappa shape index (κ3) is 3.62. The summed E-state index contributed by atoms with van der Waals surface area (Å²) in [5, 5.41) is 15.9. The molecule has 0 unspecified atom stereocenters. The van der Waals surface area contributed by atoms with Crippen molar-refractivity contribution in [2.24, 2.45) is 13.0 Å². The lowest BCUT2D eigenvalue weighted by Gasteiger charge is -2.38. The van der Waals surface area contributed by atoms with Crippen molar-refractivity contribution < 1.29 is 5.11 Å². The maximum Gasteiger partial charge on any atom is 0.163 e. The van der Waals surface area contributed by atoms with Gasteiger partial charge >= 0.3 is 0 Å². The van der Waals surface area contributed by atoms with Gasteiger partial charge in [0.15, 0.2) is 5.65 Å². The molecular weight excluding hydrogens is 316 g/mol. The fourth-order valence-electron chi connectivity index (χ4n) is 3.44. The van der Waals surface area contributed by atoms with Crippen molar-refractivity contribution in [1.29, 1.82) is 0 Å². The van der Waals surface area contributed by atoms with Crippen molar-refractivity contribution in [2.45, 2.75) is 38.7 Å². The van der Waals surface area contributed by atoms with Gasteiger partial charge < -0.3 is 14.9 Å². The van der Waals surface area contributed by atoms with Crippen LogP contribution in [-0.4, -0.2) is 69.6 Å². The molecule has 7 heteroatoms. The molecule has 7 nitrogen and oxygen atoms in total. The van der Waals surface area contributed by atoms with E-state index in [4.69, 9.17) is 9.97 Å². The average Bonchev–Trinajstić information content (AvgIpc) is 2.89. The molecule has 2 aromatic rings. The van der Waals surface area contributed by atoms with Gasteiger partial charge in [0.25, 0.3) is 0 Å². The number of aliphatic hydroxyl groups excluding tert-OH is 1. The Morgan fingerprint density at radius 3 is 2.60 bits per heavy atom. The summed E-state index contributed by atoms with van der Waals surface area (Å²) >= 11 is 0. The number of rotatable bonds is 3. The molecule has 0 bridgehead atoms. The molecule has 2 aromatic heterocycles. The van der Waals surface area contributed by atoms with Gasteiger partial charge in [0.1, 0.15) is 11.6 Å². The molecule has 2 atom stereocenters. The van der Waals surface area contributed by atoms with Crippen LogP contribution >= 0.6 is 0 Å². The van der Waals surface area contributed by atoms with Crippen LogP contribution < -0.4 is 4.90 Å². The van der Waals surface area contributed by atoms with Crippen LogP contribution in [0.5, 0.6) is 0 Å². The van der Waals surface area contributed by atoms with Crippen LogP contribution in [0.3, 0.4) is 0 Å². The largest absolute Gasteiger partial charge is 0.391 e. The number of aromatic nitrogens is 4. The Hall–Kier alpha value is -1.73. The van der Waals surface area contributed by atoms with Gasteiger partial charge in [-0.15, -0.1) is 0 Å². The van der Waals surface area contributed by atoms with E-state index in [1.807, 2.05) is 13.2 Å². The molecule has 1 aliphatic rings. The van der Waals surface area contributed by atoms with E-state index in [2.05, 4.69) is 49.8 Å². The molecule has 0 saturated carbocycles. The highest BCUT2D eigenvalue weighted by Gasteiger charge is 2.31. The molecule has 0 amide bonds. The first-order valence-corrected chi connectivity index (χ1v) is 8.95. The van der Waals surface area contributed by atoms with Crippen molar-refractivity contribution in [3.63, 3.8) is 0 Å². The van der Waals surface area contributed by atoms with E-state index in [0.29, 0.717) is 12.5 Å². The van der Waals surface area contributed by atoms with Crippen LogP contribution in [0.25, 0.3) is 11.0 Å². The van der Waals surface area contributed by atoms with Crippen LogP contribution in [0.15, 0.2) is 6.20 Å². The number of aliphatic hydroxyl groups is 1. The van der Waals surface area contributed by atoms with Crippen LogP contribution in [0.2, 0.25) is 0 Å². The molecule has 0 aromatic carbocycles. The number of hydrogen-bond donors (Lipinski definition) is 1. The van der Waals surface area contributed by atoms with E-state index in [0.717, 1.165) is 42.2 Å². The van der Waals surface area contributed by atoms with Gasteiger partial charge in [0.05, 0.1) is 17.7 Å². The zero-order valence-electron chi connectivity index (χ0n) is 16.2. The number of piperidine rings is 1. The van der Waals surface area contributed by atoms with Gasteiger partial charge in [-0.3, -0.25) is 4.68 Å². The topological polar surface area (TPSA) is 70.3 Å². The minimum absolute atomic E-state index is 0.144. The van der Waals surface area contributed by atoms with Gasteiger partial charge in [0, 0.05) is 38.0 Å². The molecule has 0 spiro atoms. The van der Waals surface area contributed by atoms with E-state index in [1.54, 1.807) is 4.68 Å². The summed E-state index contributed by atoms with van der Waals surface area (Å²) in [6, 6.07) is 0. The second kappa shape index (κ2) is 6.53. The highest BCUT2D eigenvalue weighted by molar-refractivity contribution is 5.87. The van der Waals surface area contributed by atoms with E-state index < -0.39 is 0 Å². The summed E-state index contributed by atoms with van der Waals surface area (Å²) in [5.74, 6) is 2.01. The van der Waals surface area contributed by atoms with Gasteiger partial charge in [0.2, 0.25) is 0 Å². The summed E-state index contributed by atoms with van der Waals surface area (Å²) in [5.41, 5.74) is 0.703. The average molecular weight is 346 g/mol. The zero-order chi connectivity index (χ0) is 18.4. The van der Waals surface area contributed by atoms with E-state index in [9.17, 15) is 5.11 Å². The number of hydrogen-bond acceptors (Lipinski definition) is 6. The maximum absolute atomic E-state index is 10.6. The van der Waals surface area contributed by atoms with Crippen molar-refractivity contribution in [2.75, 3.05) is 38.6 Å². The molecule has 138 valence electrons. The van der Waals surface area contributed by atoms with Gasteiger partial charge in [-0.25, -0.2) is 9.97 Å². The predicted octanol–water partition coefficient (Wildman–Crippen LogP) is 1.41. The summed E-state index contributed by atoms with van der Waals surface area (Å²) in [6.45, 7) is 8.75. The Balaban J connectivity index is 1.96. The number of anilines is 1. The molecule has 0 aliphatic carbocycles. The normalized spacial score (nSPS) is 22.2. The Morgan fingerprint density at radius 1 is 1.28 bits per heavy atom. The van der Waals surface area contributed by atoms with Gasteiger partial charge in [-0.1, -0.05) is 20.8 Å². The second-order valence-electron chi connectivity index (χ2n) is 8.45. The fraction of sp³-hybridized carbons (Fsp3) is 0.722. The van der Waals surface area contributed by atoms with Crippen molar-refractivity contribution in [1.82, 2.24) is 24.6 Å². The number of β-amino-alcohol motifs (C(OH)–C–C–N with tert-alkyl or cyclic N) is 1. The summed E-state index contributed by atoms with van der Waals surface area (Å²) in [6.07, 6.45) is 2.43. The number of fused-ring (bicyclic) bond motifs is 1. The van der Waals surface area contributed by atoms with Crippen LogP contribution in [-0.2, 0) is 12.5 Å². The molecule has 1 fully saturated rings. The van der Waals surface area contributed by atoms with Crippen molar-refractivity contribution >= 4 is 16.9 Å². The SMILES string of the molecule is CN(C)C[C@@H]1CCN(c2nc(C(C)(C)C)nc3c2cnn3C)C[C@H]1O. The van der Waals surface area contributed by atoms with E-state index in [1.165, 1.54) is 0 Å². The molecule has 3 heterocycles. The number of nitrogens with zero attached hydrogens (tertiary/aromatic N) is 6. The third-order valence-corrected chi connectivity index (χ3v) is 4.86. The Kier molecular flexibility index (Phi) is 4.72. The van der Waals surface area contributed by atoms with Crippen LogP contribution in [0.4, 0.5) is 5.82 Å². The quantitative estimate of drug-likeness (QED) is 0.906. The highest BCUT2D eigenvalue weighted by atomic mass is 16.3. The first-order chi connectivity index (χ1) is 11.7. The lowest BCUT2D eigenvalue weighted by atomic mass is 9.93. The molecule has 25 heavy (non-hydrogen) atoms. The van der Waals surface area contributed by atoms with Crippen LogP contribution in [0, 0.1) is 5.92 Å². The minimum atomic E-state index is -0.351. The monoisotopic (exact) mass is 346 g/mol. The summed E-state index contributed by atoms with van der Waals surface area (Å²) in [7, 11) is 6.01.